The third-order valence-corrected chi connectivity index (χ3v) is 2.03. The lowest BCUT2D eigenvalue weighted by atomic mass is 10.1. The Morgan fingerprint density at radius 2 is 2.28 bits per heavy atom. The summed E-state index contributed by atoms with van der Waals surface area (Å²) < 4.78 is 42.6. The normalized spacial score (nSPS) is 10.2. The molecule has 96 valence electrons. The molecule has 1 rings (SSSR count). The topological polar surface area (TPSA) is 63.0 Å². The van der Waals surface area contributed by atoms with Crippen molar-refractivity contribution in [2.24, 2.45) is 0 Å². The summed E-state index contributed by atoms with van der Waals surface area (Å²) in [5, 5.41) is 8.72. The molecule has 0 aromatic carbocycles. The lowest BCUT2D eigenvalue weighted by molar-refractivity contribution is -0.142. The highest BCUT2D eigenvalue weighted by Crippen LogP contribution is 2.22. The van der Waals surface area contributed by atoms with Gasteiger partial charge in [-0.1, -0.05) is 0 Å². The number of esters is 1. The predicted octanol–water partition coefficient (Wildman–Crippen LogP) is 2.14. The van der Waals surface area contributed by atoms with E-state index in [1.165, 1.54) is 0 Å². The van der Waals surface area contributed by atoms with Crippen LogP contribution in [0.3, 0.4) is 0 Å². The minimum atomic E-state index is -3.11. The summed E-state index contributed by atoms with van der Waals surface area (Å²) in [7, 11) is 0. The van der Waals surface area contributed by atoms with E-state index in [0.29, 0.717) is 6.07 Å². The number of pyridine rings is 1. The molecule has 0 spiro atoms. The minimum absolute atomic E-state index is 0.115. The zero-order chi connectivity index (χ0) is 13.7. The van der Waals surface area contributed by atoms with Crippen LogP contribution in [0.4, 0.5) is 13.2 Å². The van der Waals surface area contributed by atoms with Gasteiger partial charge in [-0.15, -0.1) is 0 Å². The van der Waals surface area contributed by atoms with Crippen molar-refractivity contribution in [3.8, 4) is 6.07 Å². The van der Waals surface area contributed by atoms with Gasteiger partial charge in [-0.25, -0.2) is 18.2 Å². The molecular formula is C11H9F3N2O2. The third-order valence-electron chi connectivity index (χ3n) is 2.03. The Morgan fingerprint density at radius 1 is 1.61 bits per heavy atom. The molecule has 0 atom stereocenters. The van der Waals surface area contributed by atoms with Gasteiger partial charge in [0.1, 0.15) is 11.8 Å². The van der Waals surface area contributed by atoms with Gasteiger partial charge in [0.15, 0.2) is 5.82 Å². The van der Waals surface area contributed by atoms with Gasteiger partial charge in [0.05, 0.1) is 24.3 Å². The first-order valence-electron chi connectivity index (χ1n) is 5.02. The maximum absolute atomic E-state index is 13.1. The van der Waals surface area contributed by atoms with Gasteiger partial charge < -0.3 is 4.74 Å². The monoisotopic (exact) mass is 258 g/mol. The number of carbonyl (C=O) groups is 1. The van der Waals surface area contributed by atoms with Gasteiger partial charge in [-0.05, 0) is 13.0 Å². The number of alkyl halides is 2. The fourth-order valence-electron chi connectivity index (χ4n) is 1.28. The molecule has 7 heteroatoms. The maximum atomic E-state index is 13.1. The van der Waals surface area contributed by atoms with Crippen LogP contribution >= 0.6 is 0 Å². The second-order valence-corrected chi connectivity index (χ2v) is 3.24. The summed E-state index contributed by atoms with van der Waals surface area (Å²) >= 11 is 0. The molecule has 0 fully saturated rings. The standard InChI is InChI=1S/C11H9F3N2O2/c1-2-18-9(17)4-8-6(5-15)3-7(12)10(16-8)11(13)14/h3,11H,2,4H2,1H3. The average Bonchev–Trinajstić information content (AvgIpc) is 2.30. The Kier molecular flexibility index (Phi) is 4.66. The summed E-state index contributed by atoms with van der Waals surface area (Å²) in [6.07, 6.45) is -3.56. The molecule has 18 heavy (non-hydrogen) atoms. The Balaban J connectivity index is 3.13. The second kappa shape index (κ2) is 6.00. The van der Waals surface area contributed by atoms with Crippen molar-refractivity contribution < 1.29 is 22.7 Å². The van der Waals surface area contributed by atoms with Crippen molar-refractivity contribution in [1.82, 2.24) is 4.98 Å². The number of nitrogens with zero attached hydrogens (tertiary/aromatic N) is 2. The molecule has 0 aliphatic heterocycles. The number of aromatic nitrogens is 1. The van der Waals surface area contributed by atoms with E-state index in [1.807, 2.05) is 0 Å². The second-order valence-electron chi connectivity index (χ2n) is 3.24. The SMILES string of the molecule is CCOC(=O)Cc1nc(C(F)F)c(F)cc1C#N. The highest BCUT2D eigenvalue weighted by molar-refractivity contribution is 5.72. The summed E-state index contributed by atoms with van der Waals surface area (Å²) in [4.78, 5) is 14.5. The fourth-order valence-corrected chi connectivity index (χ4v) is 1.28. The number of ether oxygens (including phenoxy) is 1. The molecule has 0 unspecified atom stereocenters. The molecule has 1 heterocycles. The van der Waals surface area contributed by atoms with Crippen LogP contribution in [0.5, 0.6) is 0 Å². The minimum Gasteiger partial charge on any atom is -0.466 e. The van der Waals surface area contributed by atoms with Crippen LogP contribution in [0, 0.1) is 17.1 Å². The molecule has 0 bridgehead atoms. The van der Waals surface area contributed by atoms with Crippen LogP contribution in [0.1, 0.15) is 30.3 Å². The summed E-state index contributed by atoms with van der Waals surface area (Å²) in [6, 6.07) is 2.24. The lowest BCUT2D eigenvalue weighted by Gasteiger charge is -2.07. The van der Waals surface area contributed by atoms with Gasteiger partial charge in [0, 0.05) is 0 Å². The highest BCUT2D eigenvalue weighted by Gasteiger charge is 2.20. The van der Waals surface area contributed by atoms with Crippen LogP contribution < -0.4 is 0 Å². The molecule has 0 aliphatic carbocycles. The third kappa shape index (κ3) is 3.20. The van der Waals surface area contributed by atoms with Crippen molar-refractivity contribution in [2.75, 3.05) is 6.61 Å². The number of rotatable bonds is 4. The van der Waals surface area contributed by atoms with Crippen molar-refractivity contribution in [2.45, 2.75) is 19.8 Å². The van der Waals surface area contributed by atoms with E-state index in [0.717, 1.165) is 0 Å². The summed E-state index contributed by atoms with van der Waals surface area (Å²) in [6.45, 7) is 1.69. The van der Waals surface area contributed by atoms with E-state index in [2.05, 4.69) is 9.72 Å². The van der Waals surface area contributed by atoms with Crippen LogP contribution in [0.15, 0.2) is 6.07 Å². The number of carbonyl (C=O) groups excluding carboxylic acids is 1. The van der Waals surface area contributed by atoms with E-state index in [1.54, 1.807) is 13.0 Å². The van der Waals surface area contributed by atoms with E-state index in [9.17, 15) is 18.0 Å². The first kappa shape index (κ1) is 14.0. The van der Waals surface area contributed by atoms with E-state index < -0.39 is 30.3 Å². The Morgan fingerprint density at radius 3 is 2.78 bits per heavy atom. The molecule has 0 saturated heterocycles. The first-order chi connectivity index (χ1) is 8.49. The molecule has 4 nitrogen and oxygen atoms in total. The van der Waals surface area contributed by atoms with Crippen LogP contribution in [-0.2, 0) is 16.0 Å². The van der Waals surface area contributed by atoms with Crippen molar-refractivity contribution in [3.63, 3.8) is 0 Å². The van der Waals surface area contributed by atoms with Gasteiger partial charge >= 0.3 is 5.97 Å². The van der Waals surface area contributed by atoms with E-state index >= 15 is 0 Å². The molecule has 1 aromatic heterocycles. The molecule has 1 aromatic rings. The zero-order valence-electron chi connectivity index (χ0n) is 9.41. The van der Waals surface area contributed by atoms with Crippen molar-refractivity contribution >= 4 is 5.97 Å². The summed E-state index contributed by atoms with van der Waals surface area (Å²) in [5.41, 5.74) is -1.55. The average molecular weight is 258 g/mol. The van der Waals surface area contributed by atoms with Crippen molar-refractivity contribution in [3.05, 3.63) is 28.8 Å². The van der Waals surface area contributed by atoms with E-state index in [4.69, 9.17) is 5.26 Å². The van der Waals surface area contributed by atoms with Crippen LogP contribution in [0.2, 0.25) is 0 Å². The maximum Gasteiger partial charge on any atom is 0.311 e. The number of hydrogen-bond acceptors (Lipinski definition) is 4. The molecule has 0 radical (unpaired) electrons. The zero-order valence-corrected chi connectivity index (χ0v) is 9.41. The number of nitriles is 1. The Labute approximate surface area is 101 Å². The molecule has 0 N–H and O–H groups in total. The first-order valence-corrected chi connectivity index (χ1v) is 5.02. The van der Waals surface area contributed by atoms with Gasteiger partial charge in [0.2, 0.25) is 0 Å². The van der Waals surface area contributed by atoms with Gasteiger partial charge in [0.25, 0.3) is 6.43 Å². The quantitative estimate of drug-likeness (QED) is 0.776. The molecule has 0 amide bonds. The molecule has 0 aliphatic rings. The van der Waals surface area contributed by atoms with Gasteiger partial charge in [-0.2, -0.15) is 5.26 Å². The van der Waals surface area contributed by atoms with Crippen molar-refractivity contribution in [1.29, 1.82) is 5.26 Å². The van der Waals surface area contributed by atoms with Crippen LogP contribution in [-0.4, -0.2) is 17.6 Å². The molecule has 0 saturated carbocycles. The number of halogens is 3. The Bertz CT molecular complexity index is 498. The number of hydrogen-bond donors (Lipinski definition) is 0. The summed E-state index contributed by atoms with van der Waals surface area (Å²) in [5.74, 6) is -1.98. The largest absolute Gasteiger partial charge is 0.466 e. The molecular weight excluding hydrogens is 249 g/mol. The highest BCUT2D eigenvalue weighted by atomic mass is 19.3. The Hall–Kier alpha value is -2.10. The smallest absolute Gasteiger partial charge is 0.311 e. The fraction of sp³-hybridized carbons (Fsp3) is 0.364. The predicted molar refractivity (Wildman–Crippen MR) is 54.2 cm³/mol. The van der Waals surface area contributed by atoms with Crippen LogP contribution in [0.25, 0.3) is 0 Å². The van der Waals surface area contributed by atoms with E-state index in [-0.39, 0.29) is 17.9 Å². The lowest BCUT2D eigenvalue weighted by Crippen LogP contribution is -2.12. The van der Waals surface area contributed by atoms with Gasteiger partial charge in [-0.3, -0.25) is 4.79 Å².